The second kappa shape index (κ2) is 3.42. The minimum Gasteiger partial charge on any atom is -0.495 e. The molecule has 0 saturated carbocycles. The second-order valence-electron chi connectivity index (χ2n) is 3.03. The van der Waals surface area contributed by atoms with Crippen molar-refractivity contribution in [2.75, 3.05) is 7.11 Å². The van der Waals surface area contributed by atoms with Crippen LogP contribution in [0.15, 0.2) is 23.6 Å². The van der Waals surface area contributed by atoms with Gasteiger partial charge in [0.1, 0.15) is 5.75 Å². The van der Waals surface area contributed by atoms with E-state index in [1.807, 2.05) is 23.6 Å². The number of thiophene rings is 1. The molecular formula is C11H10O2S. The molecule has 1 heterocycles. The number of carbonyl (C=O) groups excluding carboxylic acids is 1. The van der Waals surface area contributed by atoms with E-state index in [0.29, 0.717) is 0 Å². The Morgan fingerprint density at radius 2 is 2.14 bits per heavy atom. The summed E-state index contributed by atoms with van der Waals surface area (Å²) in [7, 11) is 1.64. The van der Waals surface area contributed by atoms with Gasteiger partial charge in [0, 0.05) is 10.9 Å². The van der Waals surface area contributed by atoms with Crippen LogP contribution < -0.4 is 4.74 Å². The van der Waals surface area contributed by atoms with Crippen LogP contribution in [0.5, 0.6) is 5.75 Å². The molecule has 0 fully saturated rings. The number of hydrogen-bond acceptors (Lipinski definition) is 3. The highest BCUT2D eigenvalue weighted by molar-refractivity contribution is 7.17. The van der Waals surface area contributed by atoms with Gasteiger partial charge in [-0.1, -0.05) is 0 Å². The summed E-state index contributed by atoms with van der Waals surface area (Å²) in [6.45, 7) is 1.58. The van der Waals surface area contributed by atoms with Crippen molar-refractivity contribution in [1.29, 1.82) is 0 Å². The van der Waals surface area contributed by atoms with Crippen LogP contribution in [0.2, 0.25) is 0 Å². The van der Waals surface area contributed by atoms with E-state index in [9.17, 15) is 4.79 Å². The highest BCUT2D eigenvalue weighted by atomic mass is 32.1. The lowest BCUT2D eigenvalue weighted by molar-refractivity contribution is 0.101. The Balaban J connectivity index is 2.78. The standard InChI is InChI=1S/C11H10O2S/c1-7(12)8-3-4-10(13-2)11-9(8)5-6-14-11/h3-6H,1-2H3. The second-order valence-corrected chi connectivity index (χ2v) is 3.95. The molecule has 0 aliphatic carbocycles. The van der Waals surface area contributed by atoms with Crippen molar-refractivity contribution >= 4 is 27.2 Å². The first kappa shape index (κ1) is 9.21. The van der Waals surface area contributed by atoms with Crippen LogP contribution in [0.25, 0.3) is 10.1 Å². The largest absolute Gasteiger partial charge is 0.495 e. The molecule has 0 unspecified atom stereocenters. The van der Waals surface area contributed by atoms with Crippen LogP contribution in [-0.2, 0) is 0 Å². The molecule has 1 aromatic heterocycles. The van der Waals surface area contributed by atoms with Crippen molar-refractivity contribution in [2.45, 2.75) is 6.92 Å². The number of benzene rings is 1. The zero-order chi connectivity index (χ0) is 10.1. The minimum absolute atomic E-state index is 0.0936. The molecule has 0 N–H and O–H groups in total. The molecule has 0 aliphatic heterocycles. The zero-order valence-corrected chi connectivity index (χ0v) is 8.85. The maximum atomic E-state index is 11.3. The number of ketones is 1. The lowest BCUT2D eigenvalue weighted by atomic mass is 10.1. The first-order chi connectivity index (χ1) is 6.74. The quantitative estimate of drug-likeness (QED) is 0.706. The van der Waals surface area contributed by atoms with Gasteiger partial charge >= 0.3 is 0 Å². The molecule has 0 atom stereocenters. The van der Waals surface area contributed by atoms with Gasteiger partial charge in [0.2, 0.25) is 0 Å². The lowest BCUT2D eigenvalue weighted by Gasteiger charge is -2.03. The summed E-state index contributed by atoms with van der Waals surface area (Å²) in [6.07, 6.45) is 0. The third-order valence-corrected chi connectivity index (χ3v) is 3.11. The monoisotopic (exact) mass is 206 g/mol. The van der Waals surface area contributed by atoms with Gasteiger partial charge in [-0.3, -0.25) is 4.79 Å². The topological polar surface area (TPSA) is 26.3 Å². The van der Waals surface area contributed by atoms with E-state index in [-0.39, 0.29) is 5.78 Å². The van der Waals surface area contributed by atoms with Gasteiger partial charge in [-0.15, -0.1) is 11.3 Å². The Labute approximate surface area is 86.1 Å². The van der Waals surface area contributed by atoms with Crippen LogP contribution in [0.3, 0.4) is 0 Å². The predicted molar refractivity (Wildman–Crippen MR) is 58.4 cm³/mol. The van der Waals surface area contributed by atoms with Gasteiger partial charge in [0.15, 0.2) is 5.78 Å². The SMILES string of the molecule is COc1ccc(C(C)=O)c2ccsc12. The van der Waals surface area contributed by atoms with Crippen molar-refractivity contribution in [3.05, 3.63) is 29.1 Å². The van der Waals surface area contributed by atoms with E-state index in [4.69, 9.17) is 4.74 Å². The lowest BCUT2D eigenvalue weighted by Crippen LogP contribution is -1.93. The van der Waals surface area contributed by atoms with E-state index in [1.54, 1.807) is 25.4 Å². The van der Waals surface area contributed by atoms with Crippen LogP contribution in [0, 0.1) is 0 Å². The highest BCUT2D eigenvalue weighted by Gasteiger charge is 2.09. The van der Waals surface area contributed by atoms with Crippen molar-refractivity contribution in [2.24, 2.45) is 0 Å². The molecule has 3 heteroatoms. The summed E-state index contributed by atoms with van der Waals surface area (Å²) in [6, 6.07) is 5.62. The average molecular weight is 206 g/mol. The molecule has 0 bridgehead atoms. The van der Waals surface area contributed by atoms with Gasteiger partial charge in [0.05, 0.1) is 11.8 Å². The van der Waals surface area contributed by atoms with E-state index in [0.717, 1.165) is 21.4 Å². The molecule has 1 aromatic carbocycles. The van der Waals surface area contributed by atoms with Gasteiger partial charge in [-0.25, -0.2) is 0 Å². The summed E-state index contributed by atoms with van der Waals surface area (Å²) in [5.41, 5.74) is 0.766. The van der Waals surface area contributed by atoms with Gasteiger partial charge in [0.25, 0.3) is 0 Å². The Kier molecular flexibility index (Phi) is 2.25. The van der Waals surface area contributed by atoms with Crippen LogP contribution in [0.4, 0.5) is 0 Å². The van der Waals surface area contributed by atoms with Crippen LogP contribution in [-0.4, -0.2) is 12.9 Å². The summed E-state index contributed by atoms with van der Waals surface area (Å²) < 4.78 is 6.26. The van der Waals surface area contributed by atoms with Crippen molar-refractivity contribution in [3.8, 4) is 5.75 Å². The van der Waals surface area contributed by atoms with Crippen molar-refractivity contribution < 1.29 is 9.53 Å². The molecular weight excluding hydrogens is 196 g/mol. The molecule has 2 aromatic rings. The fourth-order valence-electron chi connectivity index (χ4n) is 1.50. The third-order valence-electron chi connectivity index (χ3n) is 2.18. The van der Waals surface area contributed by atoms with Gasteiger partial charge in [-0.05, 0) is 30.5 Å². The van der Waals surface area contributed by atoms with E-state index in [2.05, 4.69) is 0 Å². The van der Waals surface area contributed by atoms with Gasteiger partial charge in [-0.2, -0.15) is 0 Å². The van der Waals surface area contributed by atoms with Crippen LogP contribution in [0.1, 0.15) is 17.3 Å². The smallest absolute Gasteiger partial charge is 0.160 e. The minimum atomic E-state index is 0.0936. The normalized spacial score (nSPS) is 10.4. The van der Waals surface area contributed by atoms with Crippen molar-refractivity contribution in [1.82, 2.24) is 0 Å². The fourth-order valence-corrected chi connectivity index (χ4v) is 2.42. The van der Waals surface area contributed by atoms with Gasteiger partial charge < -0.3 is 4.74 Å². The maximum Gasteiger partial charge on any atom is 0.160 e. The Morgan fingerprint density at radius 1 is 1.36 bits per heavy atom. The number of methoxy groups -OCH3 is 1. The summed E-state index contributed by atoms with van der Waals surface area (Å²) in [5.74, 6) is 0.927. The summed E-state index contributed by atoms with van der Waals surface area (Å²) in [5, 5.41) is 2.96. The van der Waals surface area contributed by atoms with Crippen molar-refractivity contribution in [3.63, 3.8) is 0 Å². The first-order valence-electron chi connectivity index (χ1n) is 4.29. The highest BCUT2D eigenvalue weighted by Crippen LogP contribution is 2.33. The summed E-state index contributed by atoms with van der Waals surface area (Å²) in [4.78, 5) is 11.3. The molecule has 2 rings (SSSR count). The Hall–Kier alpha value is -1.35. The number of fused-ring (bicyclic) bond motifs is 1. The molecule has 0 aliphatic rings. The van der Waals surface area contributed by atoms with E-state index in [1.165, 1.54) is 0 Å². The first-order valence-corrected chi connectivity index (χ1v) is 5.17. The summed E-state index contributed by atoms with van der Waals surface area (Å²) >= 11 is 1.59. The number of hydrogen-bond donors (Lipinski definition) is 0. The molecule has 0 saturated heterocycles. The number of ether oxygens (including phenoxy) is 1. The zero-order valence-electron chi connectivity index (χ0n) is 8.03. The van der Waals surface area contributed by atoms with E-state index >= 15 is 0 Å². The molecule has 0 radical (unpaired) electrons. The van der Waals surface area contributed by atoms with E-state index < -0.39 is 0 Å². The Bertz CT molecular complexity index is 485. The molecule has 14 heavy (non-hydrogen) atoms. The predicted octanol–water partition coefficient (Wildman–Crippen LogP) is 3.11. The molecule has 0 amide bonds. The van der Waals surface area contributed by atoms with Crippen LogP contribution >= 0.6 is 11.3 Å². The number of Topliss-reactive ketones (excluding diaryl/α,β-unsaturated/α-hetero) is 1. The fraction of sp³-hybridized carbons (Fsp3) is 0.182. The average Bonchev–Trinajstić information content (AvgIpc) is 2.64. The third kappa shape index (κ3) is 1.30. The number of carbonyl (C=O) groups is 1. The molecule has 0 spiro atoms. The Morgan fingerprint density at radius 3 is 2.79 bits per heavy atom. The molecule has 72 valence electrons. The maximum absolute atomic E-state index is 11.3. The molecule has 2 nitrogen and oxygen atoms in total. The number of rotatable bonds is 2.